The largest absolute Gasteiger partial charge is 0.461 e. The van der Waals surface area contributed by atoms with Crippen molar-refractivity contribution in [1.82, 2.24) is 0 Å². The molecule has 0 atom stereocenters. The Bertz CT molecular complexity index is 161. The third kappa shape index (κ3) is 6.82. The first-order valence-corrected chi connectivity index (χ1v) is 4.44. The summed E-state index contributed by atoms with van der Waals surface area (Å²) in [6, 6.07) is 0. The Hall–Kier alpha value is -0.650. The highest BCUT2D eigenvalue weighted by Gasteiger charge is 2.25. The summed E-state index contributed by atoms with van der Waals surface area (Å²) in [5, 5.41) is 9.19. The second-order valence-corrected chi connectivity index (χ2v) is 3.30. The average molecular weight is 206 g/mol. The molecule has 14 heavy (non-hydrogen) atoms. The average Bonchev–Trinajstić information content (AvgIpc) is 2.09. The highest BCUT2D eigenvalue weighted by molar-refractivity contribution is 5.78. The summed E-state index contributed by atoms with van der Waals surface area (Å²) in [6.07, 6.45) is 0. The van der Waals surface area contributed by atoms with Crippen LogP contribution < -0.4 is 0 Å². The molecule has 0 fully saturated rings. The van der Waals surface area contributed by atoms with Crippen molar-refractivity contribution in [2.45, 2.75) is 19.4 Å². The molecule has 0 aromatic heterocycles. The van der Waals surface area contributed by atoms with E-state index >= 15 is 0 Å². The maximum atomic E-state index is 11.0. The molecule has 0 saturated carbocycles. The van der Waals surface area contributed by atoms with Crippen molar-refractivity contribution >= 4 is 5.97 Å². The Morgan fingerprint density at radius 3 is 2.29 bits per heavy atom. The molecule has 0 aliphatic heterocycles. The van der Waals surface area contributed by atoms with E-state index in [1.54, 1.807) is 7.11 Å². The van der Waals surface area contributed by atoms with E-state index in [0.717, 1.165) is 0 Å². The fourth-order valence-electron chi connectivity index (χ4n) is 0.614. The topological polar surface area (TPSA) is 65.0 Å². The van der Waals surface area contributed by atoms with Crippen LogP contribution in [0.25, 0.3) is 0 Å². The molecule has 0 aromatic carbocycles. The number of methoxy groups -OCH3 is 1. The summed E-state index contributed by atoms with van der Waals surface area (Å²) < 4.78 is 14.5. The summed E-state index contributed by atoms with van der Waals surface area (Å²) in [6.45, 7) is 4.19. The Morgan fingerprint density at radius 2 is 1.79 bits per heavy atom. The van der Waals surface area contributed by atoms with E-state index in [-0.39, 0.29) is 6.61 Å². The second kappa shape index (κ2) is 6.75. The van der Waals surface area contributed by atoms with Gasteiger partial charge >= 0.3 is 5.97 Å². The maximum Gasteiger partial charge on any atom is 0.337 e. The molecule has 0 radical (unpaired) electrons. The lowest BCUT2D eigenvalue weighted by Gasteiger charge is -2.15. The molecule has 1 N–H and O–H groups in total. The quantitative estimate of drug-likeness (QED) is 0.468. The molecule has 0 amide bonds. The van der Waals surface area contributed by atoms with Gasteiger partial charge in [-0.2, -0.15) is 0 Å². The van der Waals surface area contributed by atoms with Crippen LogP contribution in [0.3, 0.4) is 0 Å². The van der Waals surface area contributed by atoms with Gasteiger partial charge in [-0.05, 0) is 13.8 Å². The van der Waals surface area contributed by atoms with Crippen LogP contribution >= 0.6 is 0 Å². The van der Waals surface area contributed by atoms with Crippen molar-refractivity contribution in [2.75, 3.05) is 33.5 Å². The summed E-state index contributed by atoms with van der Waals surface area (Å²) >= 11 is 0. The number of ether oxygens (including phenoxy) is 3. The summed E-state index contributed by atoms with van der Waals surface area (Å²) in [5.41, 5.74) is -1.44. The van der Waals surface area contributed by atoms with Gasteiger partial charge in [-0.25, -0.2) is 4.79 Å². The smallest absolute Gasteiger partial charge is 0.337 e. The minimum absolute atomic E-state index is 0.145. The molecule has 0 bridgehead atoms. The highest BCUT2D eigenvalue weighted by atomic mass is 16.6. The van der Waals surface area contributed by atoms with Gasteiger partial charge in [0.15, 0.2) is 5.60 Å². The molecule has 5 nitrogen and oxygen atoms in total. The number of carbonyl (C=O) groups excluding carboxylic acids is 1. The second-order valence-electron chi connectivity index (χ2n) is 3.30. The van der Waals surface area contributed by atoms with Crippen molar-refractivity contribution in [3.05, 3.63) is 0 Å². The van der Waals surface area contributed by atoms with E-state index in [1.165, 1.54) is 13.8 Å². The van der Waals surface area contributed by atoms with Gasteiger partial charge in [0.2, 0.25) is 0 Å². The zero-order valence-corrected chi connectivity index (χ0v) is 8.91. The van der Waals surface area contributed by atoms with Crippen LogP contribution in [0.15, 0.2) is 0 Å². The van der Waals surface area contributed by atoms with Crippen LogP contribution in [0, 0.1) is 0 Å². The van der Waals surface area contributed by atoms with Gasteiger partial charge in [0.1, 0.15) is 6.61 Å². The van der Waals surface area contributed by atoms with Gasteiger partial charge < -0.3 is 19.3 Å². The lowest BCUT2D eigenvalue weighted by atomic mass is 10.1. The van der Waals surface area contributed by atoms with Crippen LogP contribution in [-0.2, 0) is 19.0 Å². The van der Waals surface area contributed by atoms with E-state index in [0.29, 0.717) is 19.8 Å². The molecule has 84 valence electrons. The molecule has 0 aliphatic carbocycles. The number of esters is 1. The van der Waals surface area contributed by atoms with Crippen LogP contribution in [0.5, 0.6) is 0 Å². The summed E-state index contributed by atoms with van der Waals surface area (Å²) in [4.78, 5) is 11.0. The molecule has 0 unspecified atom stereocenters. The first-order valence-electron chi connectivity index (χ1n) is 4.44. The number of carbonyl (C=O) groups is 1. The van der Waals surface area contributed by atoms with E-state index in [9.17, 15) is 9.90 Å². The molecule has 0 saturated heterocycles. The van der Waals surface area contributed by atoms with E-state index < -0.39 is 11.6 Å². The first-order chi connectivity index (χ1) is 6.48. The molecular weight excluding hydrogens is 188 g/mol. The van der Waals surface area contributed by atoms with E-state index in [4.69, 9.17) is 14.2 Å². The maximum absolute atomic E-state index is 11.0. The van der Waals surface area contributed by atoms with E-state index in [1.807, 2.05) is 0 Å². The normalized spacial score (nSPS) is 11.4. The Balaban J connectivity index is 3.33. The van der Waals surface area contributed by atoms with Crippen molar-refractivity contribution in [2.24, 2.45) is 0 Å². The van der Waals surface area contributed by atoms with Crippen molar-refractivity contribution in [3.8, 4) is 0 Å². The molecule has 0 aromatic rings. The third-order valence-corrected chi connectivity index (χ3v) is 1.39. The first kappa shape index (κ1) is 13.4. The van der Waals surface area contributed by atoms with Crippen LogP contribution in [0.2, 0.25) is 0 Å². The molecule has 0 heterocycles. The van der Waals surface area contributed by atoms with E-state index in [2.05, 4.69) is 0 Å². The van der Waals surface area contributed by atoms with Gasteiger partial charge in [-0.15, -0.1) is 0 Å². The summed E-state index contributed by atoms with van der Waals surface area (Å²) in [5.74, 6) is -0.646. The summed E-state index contributed by atoms with van der Waals surface area (Å²) in [7, 11) is 1.58. The number of rotatable bonds is 7. The van der Waals surface area contributed by atoms with Gasteiger partial charge in [0, 0.05) is 7.11 Å². The Morgan fingerprint density at radius 1 is 1.21 bits per heavy atom. The zero-order valence-electron chi connectivity index (χ0n) is 8.91. The standard InChI is InChI=1S/C9H18O5/c1-9(2,11)8(10)14-7-6-13-5-4-12-3/h11H,4-7H2,1-3H3. The van der Waals surface area contributed by atoms with Gasteiger partial charge in [0.05, 0.1) is 19.8 Å². The zero-order chi connectivity index (χ0) is 11.0. The van der Waals surface area contributed by atoms with Gasteiger partial charge in [0.25, 0.3) is 0 Å². The van der Waals surface area contributed by atoms with Crippen LogP contribution in [0.4, 0.5) is 0 Å². The number of hydrogen-bond donors (Lipinski definition) is 1. The van der Waals surface area contributed by atoms with Crippen LogP contribution in [0.1, 0.15) is 13.8 Å². The lowest BCUT2D eigenvalue weighted by molar-refractivity contribution is -0.163. The molecule has 5 heteroatoms. The lowest BCUT2D eigenvalue weighted by Crippen LogP contribution is -2.33. The minimum Gasteiger partial charge on any atom is -0.461 e. The van der Waals surface area contributed by atoms with Crippen molar-refractivity contribution in [3.63, 3.8) is 0 Å². The predicted octanol–water partition coefficient (Wildman–Crippen LogP) is -0.0365. The van der Waals surface area contributed by atoms with Crippen LogP contribution in [-0.4, -0.2) is 50.2 Å². The van der Waals surface area contributed by atoms with Crippen molar-refractivity contribution < 1.29 is 24.1 Å². The minimum atomic E-state index is -1.44. The molecular formula is C9H18O5. The Kier molecular flexibility index (Phi) is 6.44. The van der Waals surface area contributed by atoms with Gasteiger partial charge in [-0.1, -0.05) is 0 Å². The fraction of sp³-hybridized carbons (Fsp3) is 0.889. The number of hydrogen-bond acceptors (Lipinski definition) is 5. The predicted molar refractivity (Wildman–Crippen MR) is 50.0 cm³/mol. The SMILES string of the molecule is COCCOCCOC(=O)C(C)(C)O. The molecule has 0 aliphatic rings. The molecule has 0 rings (SSSR count). The van der Waals surface area contributed by atoms with Crippen molar-refractivity contribution in [1.29, 1.82) is 0 Å². The molecule has 0 spiro atoms. The Labute approximate surface area is 84.0 Å². The fourth-order valence-corrected chi connectivity index (χ4v) is 0.614. The monoisotopic (exact) mass is 206 g/mol. The number of aliphatic hydroxyl groups is 1. The third-order valence-electron chi connectivity index (χ3n) is 1.39. The highest BCUT2D eigenvalue weighted by Crippen LogP contribution is 2.02. The van der Waals surface area contributed by atoms with Gasteiger partial charge in [-0.3, -0.25) is 0 Å².